The van der Waals surface area contributed by atoms with Gasteiger partial charge in [0.1, 0.15) is 24.0 Å². The molecule has 192 valence electrons. The van der Waals surface area contributed by atoms with Gasteiger partial charge in [0.05, 0.1) is 5.52 Å². The molecule has 0 bridgehead atoms. The number of amides is 3. The average Bonchev–Trinajstić information content (AvgIpc) is 2.88. The molecule has 3 amide bonds. The number of hydrogen-bond donors (Lipinski definition) is 2. The largest absolute Gasteiger partial charge is 0.383 e. The van der Waals surface area contributed by atoms with Crippen molar-refractivity contribution in [1.82, 2.24) is 24.8 Å². The second-order valence-corrected chi connectivity index (χ2v) is 9.05. The van der Waals surface area contributed by atoms with Gasteiger partial charge in [-0.2, -0.15) is 0 Å². The first kappa shape index (κ1) is 25.7. The highest BCUT2D eigenvalue weighted by Gasteiger charge is 2.36. The van der Waals surface area contributed by atoms with Crippen LogP contribution >= 0.6 is 0 Å². The van der Waals surface area contributed by atoms with Gasteiger partial charge >= 0.3 is 0 Å². The maximum atomic E-state index is 13.5. The number of nitrogens with one attached hydrogen (secondary N) is 1. The van der Waals surface area contributed by atoms with Gasteiger partial charge in [-0.25, -0.2) is 15.0 Å². The van der Waals surface area contributed by atoms with Crippen LogP contribution in [-0.2, 0) is 20.9 Å². The van der Waals surface area contributed by atoms with Crippen molar-refractivity contribution in [2.75, 3.05) is 24.1 Å². The summed E-state index contributed by atoms with van der Waals surface area (Å²) >= 11 is 0. The zero-order valence-corrected chi connectivity index (χ0v) is 21.1. The zero-order valence-electron chi connectivity index (χ0n) is 21.1. The van der Waals surface area contributed by atoms with E-state index in [1.807, 2.05) is 23.1 Å². The fraction of sp³-hybridized carbons (Fsp3) is 0.333. The molecule has 0 radical (unpaired) electrons. The van der Waals surface area contributed by atoms with Gasteiger partial charge in [-0.3, -0.25) is 14.4 Å². The first-order valence-corrected chi connectivity index (χ1v) is 12.4. The normalized spacial score (nSPS) is 15.9. The van der Waals surface area contributed by atoms with Crippen molar-refractivity contribution in [3.8, 4) is 0 Å². The lowest BCUT2D eigenvalue weighted by atomic mass is 10.0. The molecular formula is C27H31N7O3. The SMILES string of the molecule is CCCC[C@H]1C(=O)N(Cc2ccc3c(N)ncnc3c2)CCN1C(=O)C=Cc1ccc(NC(C)=O)nc1. The molecule has 1 aliphatic rings. The van der Waals surface area contributed by atoms with Crippen molar-refractivity contribution >= 4 is 46.3 Å². The molecule has 3 heterocycles. The van der Waals surface area contributed by atoms with Gasteiger partial charge < -0.3 is 20.9 Å². The van der Waals surface area contributed by atoms with E-state index < -0.39 is 6.04 Å². The standard InChI is InChI=1S/C27H31N7O3/c1-3-4-5-23-27(37)33(16-20-6-9-21-22(14-20)30-17-31-26(21)28)12-13-34(23)25(36)11-8-19-7-10-24(29-15-19)32-18(2)35/h6-11,14-15,17,23H,3-5,12-13,16H2,1-2H3,(H2,28,30,31)(H,29,32,35)/t23-/m0/s1. The Balaban J connectivity index is 1.45. The number of pyridine rings is 1. The Hall–Kier alpha value is -4.34. The fourth-order valence-corrected chi connectivity index (χ4v) is 4.40. The van der Waals surface area contributed by atoms with Crippen LogP contribution < -0.4 is 11.1 Å². The molecule has 1 fully saturated rings. The minimum Gasteiger partial charge on any atom is -0.383 e. The number of carbonyl (C=O) groups excluding carboxylic acids is 3. The molecule has 1 aromatic carbocycles. The van der Waals surface area contributed by atoms with E-state index in [4.69, 9.17) is 5.73 Å². The second-order valence-electron chi connectivity index (χ2n) is 9.05. The van der Waals surface area contributed by atoms with E-state index in [0.29, 0.717) is 37.7 Å². The van der Waals surface area contributed by atoms with Crippen molar-refractivity contribution in [3.63, 3.8) is 0 Å². The Kier molecular flexibility index (Phi) is 8.07. The summed E-state index contributed by atoms with van der Waals surface area (Å²) in [6.07, 6.45) is 8.54. The minimum atomic E-state index is -0.510. The number of fused-ring (bicyclic) bond motifs is 1. The number of unbranched alkanes of at least 4 members (excludes halogenated alkanes) is 1. The molecule has 0 saturated carbocycles. The highest BCUT2D eigenvalue weighted by atomic mass is 16.2. The number of piperazine rings is 1. The fourth-order valence-electron chi connectivity index (χ4n) is 4.40. The summed E-state index contributed by atoms with van der Waals surface area (Å²) in [7, 11) is 0. The van der Waals surface area contributed by atoms with Crippen molar-refractivity contribution < 1.29 is 14.4 Å². The summed E-state index contributed by atoms with van der Waals surface area (Å²) < 4.78 is 0. The van der Waals surface area contributed by atoms with E-state index in [1.54, 1.807) is 29.3 Å². The highest BCUT2D eigenvalue weighted by molar-refractivity contribution is 5.96. The number of rotatable bonds is 8. The molecule has 3 N–H and O–H groups in total. The lowest BCUT2D eigenvalue weighted by Crippen LogP contribution is -2.58. The smallest absolute Gasteiger partial charge is 0.247 e. The van der Waals surface area contributed by atoms with Crippen LogP contribution in [0.25, 0.3) is 17.0 Å². The number of nitrogens with zero attached hydrogens (tertiary/aromatic N) is 5. The summed E-state index contributed by atoms with van der Waals surface area (Å²) in [5, 5.41) is 3.39. The monoisotopic (exact) mass is 501 g/mol. The molecule has 1 saturated heterocycles. The van der Waals surface area contributed by atoms with Crippen LogP contribution in [0, 0.1) is 0 Å². The Morgan fingerprint density at radius 2 is 2.00 bits per heavy atom. The number of carbonyl (C=O) groups is 3. The third kappa shape index (κ3) is 6.27. The van der Waals surface area contributed by atoms with Crippen LogP contribution in [0.1, 0.15) is 44.2 Å². The number of hydrogen-bond acceptors (Lipinski definition) is 7. The molecule has 0 aliphatic carbocycles. The van der Waals surface area contributed by atoms with Crippen molar-refractivity contribution in [3.05, 3.63) is 60.1 Å². The van der Waals surface area contributed by atoms with Gasteiger partial charge in [0.2, 0.25) is 17.7 Å². The summed E-state index contributed by atoms with van der Waals surface area (Å²) in [5.74, 6) is 0.404. The molecule has 37 heavy (non-hydrogen) atoms. The van der Waals surface area contributed by atoms with Gasteiger partial charge in [-0.15, -0.1) is 0 Å². The van der Waals surface area contributed by atoms with E-state index in [2.05, 4.69) is 27.2 Å². The van der Waals surface area contributed by atoms with E-state index >= 15 is 0 Å². The molecule has 10 heteroatoms. The quantitative estimate of drug-likeness (QED) is 0.453. The van der Waals surface area contributed by atoms with Crippen LogP contribution in [0.5, 0.6) is 0 Å². The average molecular weight is 502 g/mol. The van der Waals surface area contributed by atoms with Crippen LogP contribution in [0.2, 0.25) is 0 Å². The summed E-state index contributed by atoms with van der Waals surface area (Å²) in [6.45, 7) is 4.81. The number of nitrogens with two attached hydrogens (primary N) is 1. The van der Waals surface area contributed by atoms with E-state index in [1.165, 1.54) is 19.3 Å². The molecule has 0 spiro atoms. The highest BCUT2D eigenvalue weighted by Crippen LogP contribution is 2.23. The molecule has 1 atom stereocenters. The van der Waals surface area contributed by atoms with Crippen molar-refractivity contribution in [1.29, 1.82) is 0 Å². The predicted molar refractivity (Wildman–Crippen MR) is 142 cm³/mol. The summed E-state index contributed by atoms with van der Waals surface area (Å²) in [6, 6.07) is 8.66. The number of anilines is 2. The van der Waals surface area contributed by atoms with Crippen LogP contribution in [0.3, 0.4) is 0 Å². The summed E-state index contributed by atoms with van der Waals surface area (Å²) in [5.41, 5.74) is 8.33. The Morgan fingerprint density at radius 3 is 2.73 bits per heavy atom. The van der Waals surface area contributed by atoms with Crippen molar-refractivity contribution in [2.45, 2.75) is 45.7 Å². The van der Waals surface area contributed by atoms with Gasteiger partial charge in [-0.05, 0) is 47.9 Å². The number of nitrogen functional groups attached to an aromatic ring is 1. The molecule has 2 aromatic heterocycles. The van der Waals surface area contributed by atoms with E-state index in [9.17, 15) is 14.4 Å². The van der Waals surface area contributed by atoms with Crippen LogP contribution in [-0.4, -0.2) is 61.6 Å². The first-order valence-electron chi connectivity index (χ1n) is 12.4. The Labute approximate surface area is 215 Å². The maximum Gasteiger partial charge on any atom is 0.247 e. The third-order valence-electron chi connectivity index (χ3n) is 6.31. The topological polar surface area (TPSA) is 134 Å². The lowest BCUT2D eigenvalue weighted by Gasteiger charge is -2.40. The second kappa shape index (κ2) is 11.6. The number of aromatic nitrogens is 3. The minimum absolute atomic E-state index is 0.0509. The van der Waals surface area contributed by atoms with Gasteiger partial charge in [0.15, 0.2) is 0 Å². The van der Waals surface area contributed by atoms with Gasteiger partial charge in [0.25, 0.3) is 0 Å². The molecule has 1 aliphatic heterocycles. The van der Waals surface area contributed by atoms with Crippen LogP contribution in [0.4, 0.5) is 11.6 Å². The zero-order chi connectivity index (χ0) is 26.4. The van der Waals surface area contributed by atoms with E-state index in [0.717, 1.165) is 34.9 Å². The maximum absolute atomic E-state index is 13.5. The Morgan fingerprint density at radius 1 is 1.16 bits per heavy atom. The summed E-state index contributed by atoms with van der Waals surface area (Å²) in [4.78, 5) is 53.7. The molecule has 3 aromatic rings. The van der Waals surface area contributed by atoms with Crippen molar-refractivity contribution in [2.24, 2.45) is 0 Å². The van der Waals surface area contributed by atoms with Gasteiger partial charge in [0, 0.05) is 44.2 Å². The molecule has 4 rings (SSSR count). The molecular weight excluding hydrogens is 470 g/mol. The first-order chi connectivity index (χ1) is 17.9. The molecule has 0 unspecified atom stereocenters. The van der Waals surface area contributed by atoms with Crippen LogP contribution in [0.15, 0.2) is 48.9 Å². The third-order valence-corrected chi connectivity index (χ3v) is 6.31. The Bertz CT molecular complexity index is 1320. The van der Waals surface area contributed by atoms with E-state index in [-0.39, 0.29) is 17.7 Å². The lowest BCUT2D eigenvalue weighted by molar-refractivity contribution is -0.150. The van der Waals surface area contributed by atoms with Gasteiger partial charge in [-0.1, -0.05) is 25.8 Å². The predicted octanol–water partition coefficient (Wildman–Crippen LogP) is 3.01. The number of benzene rings is 1. The molecule has 10 nitrogen and oxygen atoms in total.